The van der Waals surface area contributed by atoms with Crippen molar-refractivity contribution in [2.45, 2.75) is 13.5 Å². The Morgan fingerprint density at radius 3 is 2.10 bits per heavy atom. The number of hydrogen-bond acceptors (Lipinski definition) is 5. The first-order chi connectivity index (χ1) is 19.5. The summed E-state index contributed by atoms with van der Waals surface area (Å²) in [6.45, 7) is 2.97. The Balaban J connectivity index is 1.40. The summed E-state index contributed by atoms with van der Waals surface area (Å²) in [4.78, 5) is 26.0. The monoisotopic (exact) mass is 536 g/mol. The van der Waals surface area contributed by atoms with Crippen molar-refractivity contribution in [3.63, 3.8) is 0 Å². The number of benzene rings is 4. The van der Waals surface area contributed by atoms with E-state index in [1.807, 2.05) is 85.8 Å². The van der Waals surface area contributed by atoms with Crippen LogP contribution >= 0.6 is 0 Å². The van der Waals surface area contributed by atoms with Gasteiger partial charge in [0.25, 0.3) is 11.8 Å². The number of hydrogen-bond donors (Lipinski definition) is 2. The van der Waals surface area contributed by atoms with Crippen molar-refractivity contribution in [1.29, 1.82) is 0 Å². The van der Waals surface area contributed by atoms with E-state index < -0.39 is 5.91 Å². The van der Waals surface area contributed by atoms with Gasteiger partial charge in [-0.2, -0.15) is 0 Å². The predicted octanol–water partition coefficient (Wildman–Crippen LogP) is 5.55. The van der Waals surface area contributed by atoms with E-state index in [2.05, 4.69) is 10.6 Å². The van der Waals surface area contributed by atoms with Crippen molar-refractivity contribution in [2.24, 2.45) is 0 Å². The summed E-state index contributed by atoms with van der Waals surface area (Å²) in [6.07, 6.45) is 1.64. The molecule has 40 heavy (non-hydrogen) atoms. The van der Waals surface area contributed by atoms with E-state index in [9.17, 15) is 9.59 Å². The first-order valence-electron chi connectivity index (χ1n) is 12.9. The van der Waals surface area contributed by atoms with Crippen LogP contribution in [0.3, 0.4) is 0 Å². The molecule has 0 saturated carbocycles. The molecule has 7 nitrogen and oxygen atoms in total. The third kappa shape index (κ3) is 8.23. The molecular formula is C33H32N2O5. The molecular weight excluding hydrogens is 504 g/mol. The highest BCUT2D eigenvalue weighted by molar-refractivity contribution is 6.05. The maximum Gasteiger partial charge on any atom is 0.268 e. The number of rotatable bonds is 12. The van der Waals surface area contributed by atoms with Crippen LogP contribution in [0, 0.1) is 6.92 Å². The van der Waals surface area contributed by atoms with Gasteiger partial charge >= 0.3 is 0 Å². The van der Waals surface area contributed by atoms with Gasteiger partial charge in [0.1, 0.15) is 24.7 Å². The molecule has 4 aromatic rings. The number of ether oxygens (including phenoxy) is 3. The second-order valence-electron chi connectivity index (χ2n) is 8.96. The van der Waals surface area contributed by atoms with Gasteiger partial charge in [0.05, 0.1) is 7.11 Å². The number of nitrogens with one attached hydrogen (secondary N) is 2. The third-order valence-electron chi connectivity index (χ3n) is 5.97. The van der Waals surface area contributed by atoms with E-state index >= 15 is 0 Å². The number of carbonyl (C=O) groups excluding carboxylic acids is 2. The summed E-state index contributed by atoms with van der Waals surface area (Å²) < 4.78 is 16.8. The Labute approximate surface area is 234 Å². The molecule has 0 saturated heterocycles. The molecule has 0 bridgehead atoms. The van der Waals surface area contributed by atoms with Crippen LogP contribution in [0.5, 0.6) is 17.2 Å². The molecule has 2 amide bonds. The molecule has 4 rings (SSSR count). The maximum atomic E-state index is 13.1. The van der Waals surface area contributed by atoms with E-state index in [0.717, 1.165) is 16.7 Å². The zero-order chi connectivity index (χ0) is 28.2. The van der Waals surface area contributed by atoms with Gasteiger partial charge in [0, 0.05) is 12.1 Å². The van der Waals surface area contributed by atoms with Crippen molar-refractivity contribution in [3.8, 4) is 17.2 Å². The molecule has 7 heteroatoms. The van der Waals surface area contributed by atoms with E-state index in [1.165, 1.54) is 0 Å². The molecule has 0 fully saturated rings. The van der Waals surface area contributed by atoms with E-state index in [0.29, 0.717) is 42.6 Å². The minimum Gasteiger partial charge on any atom is -0.493 e. The van der Waals surface area contributed by atoms with Crippen LogP contribution in [0.4, 0.5) is 0 Å². The molecule has 0 atom stereocenters. The smallest absolute Gasteiger partial charge is 0.268 e. The van der Waals surface area contributed by atoms with Crippen molar-refractivity contribution < 1.29 is 23.8 Å². The zero-order valence-corrected chi connectivity index (χ0v) is 22.6. The van der Waals surface area contributed by atoms with Gasteiger partial charge in [-0.05, 0) is 60.5 Å². The lowest BCUT2D eigenvalue weighted by Gasteiger charge is -2.12. The summed E-state index contributed by atoms with van der Waals surface area (Å²) >= 11 is 0. The number of para-hydroxylation sites is 2. The molecule has 0 aliphatic carbocycles. The second-order valence-corrected chi connectivity index (χ2v) is 8.96. The quantitative estimate of drug-likeness (QED) is 0.183. The predicted molar refractivity (Wildman–Crippen MR) is 155 cm³/mol. The molecule has 4 aromatic carbocycles. The summed E-state index contributed by atoms with van der Waals surface area (Å²) in [5, 5.41) is 5.65. The van der Waals surface area contributed by atoms with E-state index in [1.54, 1.807) is 37.5 Å². The van der Waals surface area contributed by atoms with Crippen LogP contribution in [0.1, 0.15) is 27.0 Å². The fraction of sp³-hybridized carbons (Fsp3) is 0.152. The molecule has 0 aliphatic heterocycles. The van der Waals surface area contributed by atoms with Gasteiger partial charge < -0.3 is 24.8 Å². The first-order valence-corrected chi connectivity index (χ1v) is 12.9. The third-order valence-corrected chi connectivity index (χ3v) is 5.97. The Hall–Kier alpha value is -5.04. The van der Waals surface area contributed by atoms with Crippen molar-refractivity contribution in [3.05, 3.63) is 131 Å². The maximum absolute atomic E-state index is 13.1. The summed E-state index contributed by atoms with van der Waals surface area (Å²) in [6, 6.07) is 31.4. The largest absolute Gasteiger partial charge is 0.493 e. The standard InChI is InChI=1S/C33H32N2O5/c1-24-12-16-27(17-13-24)32(36)35-29(33(37)34-23-26-8-4-3-5-9-26)22-25-14-18-28(19-15-25)39-20-21-40-31-11-7-6-10-30(31)38-2/h3-19,22H,20-21,23H2,1-2H3,(H,34,37)(H,35,36)/b29-22+. The Morgan fingerprint density at radius 1 is 0.750 bits per heavy atom. The first kappa shape index (κ1) is 28.0. The number of methoxy groups -OCH3 is 1. The topological polar surface area (TPSA) is 85.9 Å². The molecule has 0 radical (unpaired) electrons. The minimum atomic E-state index is -0.391. The lowest BCUT2D eigenvalue weighted by atomic mass is 10.1. The minimum absolute atomic E-state index is 0.139. The average Bonchev–Trinajstić information content (AvgIpc) is 2.99. The summed E-state index contributed by atoms with van der Waals surface area (Å²) in [5.74, 6) is 1.21. The van der Waals surface area contributed by atoms with Crippen LogP contribution < -0.4 is 24.8 Å². The van der Waals surface area contributed by atoms with Crippen molar-refractivity contribution in [2.75, 3.05) is 20.3 Å². The Kier molecular flexibility index (Phi) is 9.94. The van der Waals surface area contributed by atoms with Crippen LogP contribution in [0.25, 0.3) is 6.08 Å². The summed E-state index contributed by atoms with van der Waals surface area (Å²) in [7, 11) is 1.60. The summed E-state index contributed by atoms with van der Waals surface area (Å²) in [5.41, 5.74) is 3.33. The highest BCUT2D eigenvalue weighted by Gasteiger charge is 2.15. The lowest BCUT2D eigenvalue weighted by Crippen LogP contribution is -2.34. The normalized spacial score (nSPS) is 10.9. The molecule has 0 heterocycles. The van der Waals surface area contributed by atoms with Gasteiger partial charge in [0.2, 0.25) is 0 Å². The van der Waals surface area contributed by atoms with Gasteiger partial charge in [-0.15, -0.1) is 0 Å². The average molecular weight is 537 g/mol. The van der Waals surface area contributed by atoms with Gasteiger partial charge in [-0.3, -0.25) is 9.59 Å². The van der Waals surface area contributed by atoms with Gasteiger partial charge in [-0.1, -0.05) is 72.3 Å². The lowest BCUT2D eigenvalue weighted by molar-refractivity contribution is -0.117. The number of amides is 2. The molecule has 0 aliphatic rings. The molecule has 0 spiro atoms. The number of carbonyl (C=O) groups is 2. The fourth-order valence-electron chi connectivity index (χ4n) is 3.81. The molecule has 0 unspecified atom stereocenters. The fourth-order valence-corrected chi connectivity index (χ4v) is 3.81. The second kappa shape index (κ2) is 14.2. The van der Waals surface area contributed by atoms with Gasteiger partial charge in [-0.25, -0.2) is 0 Å². The Morgan fingerprint density at radius 2 is 1.40 bits per heavy atom. The highest BCUT2D eigenvalue weighted by Crippen LogP contribution is 2.25. The van der Waals surface area contributed by atoms with Crippen molar-refractivity contribution in [1.82, 2.24) is 10.6 Å². The highest BCUT2D eigenvalue weighted by atomic mass is 16.5. The SMILES string of the molecule is COc1ccccc1OCCOc1ccc(/C=C(/NC(=O)c2ccc(C)cc2)C(=O)NCc2ccccc2)cc1. The molecule has 0 aromatic heterocycles. The van der Waals surface area contributed by atoms with Crippen LogP contribution in [0.15, 0.2) is 109 Å². The van der Waals surface area contributed by atoms with Crippen LogP contribution in [-0.4, -0.2) is 32.1 Å². The Bertz CT molecular complexity index is 1430. The molecule has 2 N–H and O–H groups in total. The van der Waals surface area contributed by atoms with Crippen molar-refractivity contribution >= 4 is 17.9 Å². The number of aryl methyl sites for hydroxylation is 1. The van der Waals surface area contributed by atoms with Crippen LogP contribution in [-0.2, 0) is 11.3 Å². The molecule has 204 valence electrons. The van der Waals surface area contributed by atoms with Gasteiger partial charge in [0.15, 0.2) is 11.5 Å². The van der Waals surface area contributed by atoms with Crippen LogP contribution in [0.2, 0.25) is 0 Å². The zero-order valence-electron chi connectivity index (χ0n) is 22.6. The van der Waals surface area contributed by atoms with E-state index in [4.69, 9.17) is 14.2 Å². The van der Waals surface area contributed by atoms with E-state index in [-0.39, 0.29) is 11.6 Å².